The summed E-state index contributed by atoms with van der Waals surface area (Å²) in [7, 11) is 0. The molecule has 0 aliphatic carbocycles. The number of pyridine rings is 1. The lowest BCUT2D eigenvalue weighted by Gasteiger charge is -2.18. The predicted molar refractivity (Wildman–Crippen MR) is 151 cm³/mol. The lowest BCUT2D eigenvalue weighted by atomic mass is 10.0. The van der Waals surface area contributed by atoms with Crippen LogP contribution in [0.1, 0.15) is 42.6 Å². The Morgan fingerprint density at radius 3 is 2.58 bits per heavy atom. The molecule has 1 aliphatic rings. The van der Waals surface area contributed by atoms with Crippen molar-refractivity contribution in [1.29, 1.82) is 0 Å². The van der Waals surface area contributed by atoms with Gasteiger partial charge in [0.05, 0.1) is 24.4 Å². The van der Waals surface area contributed by atoms with Gasteiger partial charge in [0.2, 0.25) is 0 Å². The first kappa shape index (κ1) is 24.0. The zero-order valence-corrected chi connectivity index (χ0v) is 21.6. The standard InChI is InChI=1S/C32H32N4O2/c1-2-30(23-11-14-28(15-12-23)38-27-8-4-3-5-9-27)36-31-17-16-29(21-25(31)22-34-36)37-20-18-26-13-10-24-7-6-19-33-32(24)35-26/h3-5,8-17,21-22,30H,2,6-7,18-20H2,1H3,(H,33,35). The monoisotopic (exact) mass is 504 g/mol. The van der Waals surface area contributed by atoms with E-state index in [1.54, 1.807) is 0 Å². The number of anilines is 1. The Bertz CT molecular complexity index is 1510. The Balaban J connectivity index is 1.12. The normalized spacial score (nSPS) is 13.5. The van der Waals surface area contributed by atoms with Crippen LogP contribution < -0.4 is 14.8 Å². The van der Waals surface area contributed by atoms with Crippen LogP contribution in [0.25, 0.3) is 10.9 Å². The van der Waals surface area contributed by atoms with E-state index in [9.17, 15) is 0 Å². The van der Waals surface area contributed by atoms with Gasteiger partial charge in [0.25, 0.3) is 0 Å². The molecule has 3 heterocycles. The van der Waals surface area contributed by atoms with Gasteiger partial charge in [-0.15, -0.1) is 0 Å². The maximum Gasteiger partial charge on any atom is 0.129 e. The summed E-state index contributed by atoms with van der Waals surface area (Å²) in [4.78, 5) is 4.77. The molecule has 0 fully saturated rings. The number of benzene rings is 3. The number of nitrogens with zero attached hydrogens (tertiary/aromatic N) is 3. The fourth-order valence-electron chi connectivity index (χ4n) is 5.08. The van der Waals surface area contributed by atoms with E-state index in [1.165, 1.54) is 17.5 Å². The number of fused-ring (bicyclic) bond motifs is 2. The molecule has 38 heavy (non-hydrogen) atoms. The highest BCUT2D eigenvalue weighted by Gasteiger charge is 2.16. The number of aromatic nitrogens is 3. The van der Waals surface area contributed by atoms with E-state index in [4.69, 9.17) is 19.6 Å². The van der Waals surface area contributed by atoms with Crippen molar-refractivity contribution in [2.24, 2.45) is 0 Å². The second-order valence-corrected chi connectivity index (χ2v) is 9.66. The number of hydrogen-bond acceptors (Lipinski definition) is 5. The van der Waals surface area contributed by atoms with E-state index in [2.05, 4.69) is 53.3 Å². The summed E-state index contributed by atoms with van der Waals surface area (Å²) in [5.41, 5.74) is 4.66. The Hall–Kier alpha value is -4.32. The minimum atomic E-state index is 0.133. The van der Waals surface area contributed by atoms with Gasteiger partial charge in [-0.05, 0) is 78.9 Å². The van der Waals surface area contributed by atoms with Gasteiger partial charge >= 0.3 is 0 Å². The Morgan fingerprint density at radius 2 is 1.74 bits per heavy atom. The molecule has 6 heteroatoms. The minimum absolute atomic E-state index is 0.133. The summed E-state index contributed by atoms with van der Waals surface area (Å²) in [6.45, 7) is 3.77. The molecular formula is C32H32N4O2. The zero-order chi connectivity index (χ0) is 25.7. The lowest BCUT2D eigenvalue weighted by molar-refractivity contribution is 0.321. The molecule has 0 bridgehead atoms. The fourth-order valence-corrected chi connectivity index (χ4v) is 5.08. The van der Waals surface area contributed by atoms with Crippen molar-refractivity contribution >= 4 is 16.7 Å². The molecular weight excluding hydrogens is 472 g/mol. The first-order valence-corrected chi connectivity index (χ1v) is 13.4. The molecule has 5 aromatic rings. The molecule has 3 aromatic carbocycles. The fraction of sp³-hybridized carbons (Fsp3) is 0.250. The third kappa shape index (κ3) is 5.21. The van der Waals surface area contributed by atoms with Crippen LogP contribution in [-0.4, -0.2) is 27.9 Å². The van der Waals surface area contributed by atoms with E-state index in [1.807, 2.05) is 54.7 Å². The second kappa shape index (κ2) is 11.0. The van der Waals surface area contributed by atoms with E-state index in [0.717, 1.165) is 65.5 Å². The summed E-state index contributed by atoms with van der Waals surface area (Å²) in [6, 6.07) is 28.8. The Labute approximate surface area is 223 Å². The first-order chi connectivity index (χ1) is 18.8. The van der Waals surface area contributed by atoms with Crippen molar-refractivity contribution in [2.75, 3.05) is 18.5 Å². The highest BCUT2D eigenvalue weighted by molar-refractivity contribution is 5.80. The SMILES string of the molecule is CCC(c1ccc(Oc2ccccc2)cc1)n1ncc2cc(OCCc3ccc4c(n3)NCCC4)ccc21. The molecule has 1 atom stereocenters. The van der Waals surface area contributed by atoms with Crippen LogP contribution >= 0.6 is 0 Å². The average Bonchev–Trinajstić information content (AvgIpc) is 3.38. The van der Waals surface area contributed by atoms with E-state index in [-0.39, 0.29) is 6.04 Å². The van der Waals surface area contributed by atoms with Gasteiger partial charge in [0, 0.05) is 24.0 Å². The number of rotatable bonds is 9. The van der Waals surface area contributed by atoms with Crippen LogP contribution in [0, 0.1) is 0 Å². The summed E-state index contributed by atoms with van der Waals surface area (Å²) in [6.07, 6.45) is 5.90. The molecule has 1 aliphatic heterocycles. The molecule has 6 nitrogen and oxygen atoms in total. The molecule has 1 N–H and O–H groups in total. The molecule has 0 saturated heterocycles. The van der Waals surface area contributed by atoms with Crippen molar-refractivity contribution in [3.05, 3.63) is 108 Å². The van der Waals surface area contributed by atoms with Crippen LogP contribution in [0.2, 0.25) is 0 Å². The molecule has 2 aromatic heterocycles. The molecule has 1 unspecified atom stereocenters. The molecule has 192 valence electrons. The Kier molecular flexibility index (Phi) is 6.94. The van der Waals surface area contributed by atoms with E-state index < -0.39 is 0 Å². The van der Waals surface area contributed by atoms with Gasteiger partial charge < -0.3 is 14.8 Å². The van der Waals surface area contributed by atoms with Crippen molar-refractivity contribution < 1.29 is 9.47 Å². The van der Waals surface area contributed by atoms with Crippen molar-refractivity contribution in [3.63, 3.8) is 0 Å². The molecule has 0 spiro atoms. The maximum absolute atomic E-state index is 6.09. The molecule has 0 saturated carbocycles. The number of ether oxygens (including phenoxy) is 2. The largest absolute Gasteiger partial charge is 0.493 e. The predicted octanol–water partition coefficient (Wildman–Crippen LogP) is 7.20. The summed E-state index contributed by atoms with van der Waals surface area (Å²) in [5.74, 6) is 3.54. The van der Waals surface area contributed by atoms with Crippen molar-refractivity contribution in [3.8, 4) is 17.2 Å². The van der Waals surface area contributed by atoms with E-state index >= 15 is 0 Å². The van der Waals surface area contributed by atoms with Gasteiger partial charge in [-0.25, -0.2) is 4.98 Å². The van der Waals surface area contributed by atoms with E-state index in [0.29, 0.717) is 6.61 Å². The molecule has 6 rings (SSSR count). The van der Waals surface area contributed by atoms with Gasteiger partial charge in [0.15, 0.2) is 0 Å². The topological polar surface area (TPSA) is 61.2 Å². The lowest BCUT2D eigenvalue weighted by Crippen LogP contribution is -2.14. The summed E-state index contributed by atoms with van der Waals surface area (Å²) in [5, 5.41) is 9.23. The molecule has 0 amide bonds. The van der Waals surface area contributed by atoms with Crippen molar-refractivity contribution in [2.45, 2.75) is 38.6 Å². The summed E-state index contributed by atoms with van der Waals surface area (Å²) >= 11 is 0. The average molecular weight is 505 g/mol. The Morgan fingerprint density at radius 1 is 0.921 bits per heavy atom. The van der Waals surface area contributed by atoms with Gasteiger partial charge in [-0.1, -0.05) is 43.3 Å². The van der Waals surface area contributed by atoms with Gasteiger partial charge in [-0.3, -0.25) is 4.68 Å². The molecule has 0 radical (unpaired) electrons. The van der Waals surface area contributed by atoms with Crippen LogP contribution in [0.3, 0.4) is 0 Å². The maximum atomic E-state index is 6.09. The first-order valence-electron chi connectivity index (χ1n) is 13.4. The van der Waals surface area contributed by atoms with Crippen LogP contribution in [0.5, 0.6) is 17.2 Å². The summed E-state index contributed by atoms with van der Waals surface area (Å²) < 4.78 is 14.2. The van der Waals surface area contributed by atoms with Crippen LogP contribution in [0.15, 0.2) is 91.1 Å². The van der Waals surface area contributed by atoms with Gasteiger partial charge in [0.1, 0.15) is 23.1 Å². The van der Waals surface area contributed by atoms with Crippen LogP contribution in [-0.2, 0) is 12.8 Å². The minimum Gasteiger partial charge on any atom is -0.493 e. The number of hydrogen-bond donors (Lipinski definition) is 1. The van der Waals surface area contributed by atoms with Crippen LogP contribution in [0.4, 0.5) is 5.82 Å². The quantitative estimate of drug-likeness (QED) is 0.230. The number of para-hydroxylation sites is 1. The smallest absolute Gasteiger partial charge is 0.129 e. The van der Waals surface area contributed by atoms with Crippen molar-refractivity contribution in [1.82, 2.24) is 14.8 Å². The number of aryl methyl sites for hydroxylation is 1. The third-order valence-corrected chi connectivity index (χ3v) is 7.07. The van der Waals surface area contributed by atoms with Gasteiger partial charge in [-0.2, -0.15) is 5.10 Å². The second-order valence-electron chi connectivity index (χ2n) is 9.66. The number of nitrogens with one attached hydrogen (secondary N) is 1. The zero-order valence-electron chi connectivity index (χ0n) is 21.6. The third-order valence-electron chi connectivity index (χ3n) is 7.07. The highest BCUT2D eigenvalue weighted by Crippen LogP contribution is 2.30. The highest BCUT2D eigenvalue weighted by atomic mass is 16.5.